The lowest BCUT2D eigenvalue weighted by Crippen LogP contribution is -2.41. The maximum Gasteiger partial charge on any atom is 0.264 e. The number of nitrogens with one attached hydrogen (secondary N) is 1. The molecule has 0 aromatic heterocycles. The van der Waals surface area contributed by atoms with Crippen LogP contribution in [-0.4, -0.2) is 20.9 Å². The SMILES string of the molecule is O=C(Nc1ccccc1)C1CCC2(CC1)CN(S(=O)(=O)c1ccc(C(F)F)cc1)c1ccccc12. The third-order valence-electron chi connectivity index (χ3n) is 7.27. The molecule has 1 spiro atoms. The first-order valence-electron chi connectivity index (χ1n) is 11.7. The number of para-hydroxylation sites is 2. The van der Waals surface area contributed by atoms with Gasteiger partial charge in [-0.2, -0.15) is 0 Å². The molecule has 8 heteroatoms. The number of alkyl halides is 2. The van der Waals surface area contributed by atoms with E-state index in [0.29, 0.717) is 31.4 Å². The van der Waals surface area contributed by atoms with Gasteiger partial charge in [0.25, 0.3) is 16.4 Å². The minimum Gasteiger partial charge on any atom is -0.326 e. The first-order chi connectivity index (χ1) is 16.8. The first kappa shape index (κ1) is 23.5. The van der Waals surface area contributed by atoms with Gasteiger partial charge in [-0.25, -0.2) is 17.2 Å². The van der Waals surface area contributed by atoms with Crippen molar-refractivity contribution in [2.24, 2.45) is 5.92 Å². The zero-order valence-corrected chi connectivity index (χ0v) is 19.8. The smallest absolute Gasteiger partial charge is 0.264 e. The van der Waals surface area contributed by atoms with Gasteiger partial charge in [0, 0.05) is 29.1 Å². The van der Waals surface area contributed by atoms with E-state index in [1.54, 1.807) is 12.1 Å². The molecule has 1 saturated carbocycles. The van der Waals surface area contributed by atoms with Gasteiger partial charge in [0.05, 0.1) is 10.6 Å². The highest BCUT2D eigenvalue weighted by Gasteiger charge is 2.49. The summed E-state index contributed by atoms with van der Waals surface area (Å²) in [5.74, 6) is -0.151. The molecule has 2 aliphatic rings. The highest BCUT2D eigenvalue weighted by molar-refractivity contribution is 7.92. The number of sulfonamides is 1. The van der Waals surface area contributed by atoms with E-state index in [1.165, 1.54) is 16.4 Å². The van der Waals surface area contributed by atoms with Gasteiger partial charge in [-0.05, 0) is 61.6 Å². The number of benzene rings is 3. The van der Waals surface area contributed by atoms with Crippen molar-refractivity contribution in [2.75, 3.05) is 16.2 Å². The van der Waals surface area contributed by atoms with Crippen LogP contribution < -0.4 is 9.62 Å². The number of nitrogens with zero attached hydrogens (tertiary/aromatic N) is 1. The lowest BCUT2D eigenvalue weighted by molar-refractivity contribution is -0.121. The van der Waals surface area contributed by atoms with Crippen LogP contribution >= 0.6 is 0 Å². The van der Waals surface area contributed by atoms with Crippen molar-refractivity contribution in [3.05, 3.63) is 90.0 Å². The van der Waals surface area contributed by atoms with Crippen molar-refractivity contribution in [1.82, 2.24) is 0 Å². The van der Waals surface area contributed by atoms with Crippen molar-refractivity contribution in [3.63, 3.8) is 0 Å². The summed E-state index contributed by atoms with van der Waals surface area (Å²) in [6.07, 6.45) is 0.0332. The average molecular weight is 497 g/mol. The van der Waals surface area contributed by atoms with Crippen molar-refractivity contribution in [3.8, 4) is 0 Å². The molecule has 5 rings (SSSR count). The molecule has 3 aromatic rings. The van der Waals surface area contributed by atoms with Gasteiger partial charge in [0.1, 0.15) is 0 Å². The summed E-state index contributed by atoms with van der Waals surface area (Å²) in [5.41, 5.74) is 1.76. The number of amides is 1. The van der Waals surface area contributed by atoms with Crippen LogP contribution in [0.25, 0.3) is 0 Å². The Morgan fingerprint density at radius 1 is 0.914 bits per heavy atom. The van der Waals surface area contributed by atoms with Crippen LogP contribution in [0.4, 0.5) is 20.2 Å². The normalized spacial score (nSPS) is 21.8. The highest BCUT2D eigenvalue weighted by Crippen LogP contribution is 2.51. The molecule has 1 aliphatic carbocycles. The number of carbonyl (C=O) groups excluding carboxylic acids is 1. The number of halogens is 2. The van der Waals surface area contributed by atoms with Crippen LogP contribution in [0.5, 0.6) is 0 Å². The molecule has 35 heavy (non-hydrogen) atoms. The van der Waals surface area contributed by atoms with Gasteiger partial charge in [-0.3, -0.25) is 9.10 Å². The Morgan fingerprint density at radius 2 is 1.54 bits per heavy atom. The fourth-order valence-electron chi connectivity index (χ4n) is 5.34. The minimum absolute atomic E-state index is 0.00956. The molecule has 0 saturated heterocycles. The zero-order chi connectivity index (χ0) is 24.6. The number of fused-ring (bicyclic) bond motifs is 2. The Morgan fingerprint density at radius 3 is 2.20 bits per heavy atom. The van der Waals surface area contributed by atoms with Crippen molar-refractivity contribution in [2.45, 2.75) is 42.4 Å². The van der Waals surface area contributed by atoms with Crippen LogP contribution in [0.15, 0.2) is 83.8 Å². The maximum absolute atomic E-state index is 13.6. The summed E-state index contributed by atoms with van der Waals surface area (Å²) in [6.45, 7) is 0.276. The molecular formula is C27H26F2N2O3S. The second-order valence-corrected chi connectivity index (χ2v) is 11.2. The van der Waals surface area contributed by atoms with Gasteiger partial charge in [-0.1, -0.05) is 48.5 Å². The van der Waals surface area contributed by atoms with Crippen LogP contribution in [-0.2, 0) is 20.2 Å². The summed E-state index contributed by atoms with van der Waals surface area (Å²) < 4.78 is 54.4. The molecule has 3 aromatic carbocycles. The van der Waals surface area contributed by atoms with Crippen LogP contribution in [0.3, 0.4) is 0 Å². The predicted octanol–water partition coefficient (Wildman–Crippen LogP) is 5.90. The second kappa shape index (κ2) is 9.07. The van der Waals surface area contributed by atoms with Crippen LogP contribution in [0.2, 0.25) is 0 Å². The Balaban J connectivity index is 1.37. The maximum atomic E-state index is 13.6. The Labute approximate surface area is 203 Å². The number of hydrogen-bond donors (Lipinski definition) is 1. The molecule has 1 heterocycles. The van der Waals surface area contributed by atoms with Crippen LogP contribution in [0, 0.1) is 5.92 Å². The van der Waals surface area contributed by atoms with Gasteiger partial charge >= 0.3 is 0 Å². The van der Waals surface area contributed by atoms with Gasteiger partial charge in [0.15, 0.2) is 0 Å². The summed E-state index contributed by atoms with van der Waals surface area (Å²) in [5, 5.41) is 2.98. The van der Waals surface area contributed by atoms with Crippen molar-refractivity contribution < 1.29 is 22.0 Å². The predicted molar refractivity (Wildman–Crippen MR) is 131 cm³/mol. The van der Waals surface area contributed by atoms with E-state index in [4.69, 9.17) is 0 Å². The van der Waals surface area contributed by atoms with Crippen LogP contribution in [0.1, 0.15) is 43.2 Å². The molecule has 0 atom stereocenters. The van der Waals surface area contributed by atoms with Gasteiger partial charge in [-0.15, -0.1) is 0 Å². The number of rotatable bonds is 5. The lowest BCUT2D eigenvalue weighted by Gasteiger charge is -2.37. The standard InChI is InChI=1S/C27H26F2N2O3S/c28-25(29)19-10-12-22(13-11-19)35(33,34)31-18-27(23-8-4-5-9-24(23)31)16-14-20(15-17-27)26(32)30-21-6-2-1-3-7-21/h1-13,20,25H,14-18H2,(H,30,32). The number of hydrogen-bond acceptors (Lipinski definition) is 3. The Kier molecular flexibility index (Phi) is 6.09. The molecule has 5 nitrogen and oxygen atoms in total. The van der Waals surface area contributed by atoms with E-state index in [1.807, 2.05) is 42.5 Å². The van der Waals surface area contributed by atoms with E-state index in [2.05, 4.69) is 5.32 Å². The monoisotopic (exact) mass is 496 g/mol. The van der Waals surface area contributed by atoms with E-state index < -0.39 is 16.4 Å². The molecule has 182 valence electrons. The highest BCUT2D eigenvalue weighted by atomic mass is 32.2. The molecule has 1 aliphatic heterocycles. The van der Waals surface area contributed by atoms with Gasteiger partial charge in [0.2, 0.25) is 5.91 Å². The minimum atomic E-state index is -3.93. The molecule has 0 bridgehead atoms. The summed E-state index contributed by atoms with van der Waals surface area (Å²) in [7, 11) is -3.93. The average Bonchev–Trinajstić information content (AvgIpc) is 3.20. The summed E-state index contributed by atoms with van der Waals surface area (Å²) in [4.78, 5) is 12.8. The molecule has 1 amide bonds. The number of anilines is 2. The summed E-state index contributed by atoms with van der Waals surface area (Å²) >= 11 is 0. The van der Waals surface area contributed by atoms with E-state index in [9.17, 15) is 22.0 Å². The Hall–Kier alpha value is -3.26. The topological polar surface area (TPSA) is 66.5 Å². The van der Waals surface area contributed by atoms with E-state index in [0.717, 1.165) is 23.4 Å². The fourth-order valence-corrected chi connectivity index (χ4v) is 6.91. The molecule has 0 unspecified atom stereocenters. The lowest BCUT2D eigenvalue weighted by atomic mass is 9.67. The zero-order valence-electron chi connectivity index (χ0n) is 19.0. The van der Waals surface area contributed by atoms with E-state index in [-0.39, 0.29) is 34.2 Å². The van der Waals surface area contributed by atoms with Gasteiger partial charge < -0.3 is 5.32 Å². The third-order valence-corrected chi connectivity index (χ3v) is 9.04. The molecule has 1 fully saturated rings. The molecular weight excluding hydrogens is 470 g/mol. The van der Waals surface area contributed by atoms with E-state index >= 15 is 0 Å². The molecule has 0 radical (unpaired) electrons. The van der Waals surface area contributed by atoms with Crippen molar-refractivity contribution in [1.29, 1.82) is 0 Å². The first-order valence-corrected chi connectivity index (χ1v) is 13.1. The Bertz CT molecular complexity index is 1320. The second-order valence-electron chi connectivity index (χ2n) is 9.31. The molecule has 1 N–H and O–H groups in total. The number of carbonyl (C=O) groups is 1. The quantitative estimate of drug-likeness (QED) is 0.478. The fraction of sp³-hybridized carbons (Fsp3) is 0.296. The summed E-state index contributed by atoms with van der Waals surface area (Å²) in [6, 6.07) is 21.6. The van der Waals surface area contributed by atoms with Crippen molar-refractivity contribution >= 4 is 27.3 Å². The largest absolute Gasteiger partial charge is 0.326 e. The third kappa shape index (κ3) is 4.31.